The molecule has 0 unspecified atom stereocenters. The summed E-state index contributed by atoms with van der Waals surface area (Å²) in [6.45, 7) is 2.06. The molecule has 4 nitrogen and oxygen atoms in total. The van der Waals surface area contributed by atoms with Gasteiger partial charge in [0.2, 0.25) is 5.91 Å². The van der Waals surface area contributed by atoms with Gasteiger partial charge in [0.1, 0.15) is 0 Å². The normalized spacial score (nSPS) is 27.7. The minimum atomic E-state index is -0.395. The molecule has 27 heavy (non-hydrogen) atoms. The number of hydrogen-bond acceptors (Lipinski definition) is 3. The first-order valence-corrected chi connectivity index (χ1v) is 9.41. The molecule has 4 heteroatoms. The van der Waals surface area contributed by atoms with E-state index in [-0.39, 0.29) is 5.91 Å². The van der Waals surface area contributed by atoms with Crippen molar-refractivity contribution in [2.24, 2.45) is 16.6 Å². The molecular weight excluding hydrogens is 334 g/mol. The fourth-order valence-electron chi connectivity index (χ4n) is 4.04. The smallest absolute Gasteiger partial charge is 0.231 e. The van der Waals surface area contributed by atoms with Crippen molar-refractivity contribution < 1.29 is 4.79 Å². The average Bonchev–Trinajstić information content (AvgIpc) is 3.47. The van der Waals surface area contributed by atoms with Crippen molar-refractivity contribution in [3.8, 4) is 0 Å². The maximum Gasteiger partial charge on any atom is 0.231 e. The zero-order valence-corrected chi connectivity index (χ0v) is 15.8. The lowest BCUT2D eigenvalue weighted by Crippen LogP contribution is -2.49. The van der Waals surface area contributed by atoms with Gasteiger partial charge < -0.3 is 5.73 Å². The van der Waals surface area contributed by atoms with Crippen molar-refractivity contribution in [2.45, 2.75) is 31.2 Å². The molecule has 138 valence electrons. The summed E-state index contributed by atoms with van der Waals surface area (Å²) in [5.74, 6) is 1.18. The maximum atomic E-state index is 12.2. The molecule has 1 aliphatic heterocycles. The molecular formula is C23H25N3O. The van der Waals surface area contributed by atoms with Crippen molar-refractivity contribution >= 4 is 24.0 Å². The average molecular weight is 359 g/mol. The van der Waals surface area contributed by atoms with Crippen molar-refractivity contribution in [1.82, 2.24) is 4.90 Å². The van der Waals surface area contributed by atoms with Crippen LogP contribution in [0.5, 0.6) is 0 Å². The first-order chi connectivity index (χ1) is 13.0. The van der Waals surface area contributed by atoms with E-state index in [1.165, 1.54) is 21.6 Å². The molecule has 2 aromatic rings. The fourth-order valence-corrected chi connectivity index (χ4v) is 4.04. The molecule has 1 saturated carbocycles. The van der Waals surface area contributed by atoms with E-state index >= 15 is 0 Å². The summed E-state index contributed by atoms with van der Waals surface area (Å²) in [4.78, 5) is 18.3. The van der Waals surface area contributed by atoms with E-state index in [4.69, 9.17) is 5.73 Å². The molecule has 0 spiro atoms. The Morgan fingerprint density at radius 2 is 1.81 bits per heavy atom. The van der Waals surface area contributed by atoms with Crippen LogP contribution in [0.4, 0.5) is 0 Å². The Bertz CT molecular complexity index is 918. The van der Waals surface area contributed by atoms with Gasteiger partial charge in [-0.2, -0.15) is 0 Å². The third-order valence-corrected chi connectivity index (χ3v) is 5.79. The summed E-state index contributed by atoms with van der Waals surface area (Å²) in [6.07, 6.45) is 5.76. The molecule has 2 aromatic carbocycles. The van der Waals surface area contributed by atoms with Crippen LogP contribution in [0, 0.1) is 5.92 Å². The number of guanidine groups is 1. The second-order valence-electron chi connectivity index (χ2n) is 7.82. The highest BCUT2D eigenvalue weighted by Crippen LogP contribution is 2.56. The SMILES string of the molecule is CN1C(=O)C[C@@](C)([C@@H]2C[C@H]2c2cccc(/C=C/c3ccccc3)c2)N=C1N. The molecule has 1 heterocycles. The van der Waals surface area contributed by atoms with Crippen molar-refractivity contribution in [3.05, 3.63) is 71.3 Å². The van der Waals surface area contributed by atoms with Crippen LogP contribution in [0.2, 0.25) is 0 Å². The molecule has 0 bridgehead atoms. The molecule has 0 saturated heterocycles. The van der Waals surface area contributed by atoms with Crippen LogP contribution < -0.4 is 5.73 Å². The van der Waals surface area contributed by atoms with Crippen LogP contribution in [-0.2, 0) is 4.79 Å². The molecule has 3 atom stereocenters. The molecule has 0 aromatic heterocycles. The van der Waals surface area contributed by atoms with Crippen molar-refractivity contribution in [1.29, 1.82) is 0 Å². The lowest BCUT2D eigenvalue weighted by molar-refractivity contribution is -0.128. The highest BCUT2D eigenvalue weighted by Gasteiger charge is 2.53. The Morgan fingerprint density at radius 1 is 1.11 bits per heavy atom. The molecule has 1 amide bonds. The van der Waals surface area contributed by atoms with Crippen LogP contribution in [0.25, 0.3) is 12.2 Å². The summed E-state index contributed by atoms with van der Waals surface area (Å²) in [5, 5.41) is 0. The summed E-state index contributed by atoms with van der Waals surface area (Å²) in [6, 6.07) is 19.0. The van der Waals surface area contributed by atoms with E-state index in [1.807, 2.05) is 18.2 Å². The predicted molar refractivity (Wildman–Crippen MR) is 110 cm³/mol. The third-order valence-electron chi connectivity index (χ3n) is 5.79. The number of amides is 1. The fraction of sp³-hybridized carbons (Fsp3) is 0.304. The number of carbonyl (C=O) groups excluding carboxylic acids is 1. The van der Waals surface area contributed by atoms with Crippen LogP contribution in [0.15, 0.2) is 59.6 Å². The molecule has 1 fully saturated rings. The standard InChI is InChI=1S/C23H25N3O/c1-23(15-21(27)26(2)22(24)25-23)20-14-19(20)18-10-6-9-17(13-18)12-11-16-7-4-3-5-8-16/h3-13,19-20H,14-15H2,1-2H3,(H2,24,25)/b12-11+/t19-,20+,23-/m0/s1. The van der Waals surface area contributed by atoms with Crippen LogP contribution in [0.3, 0.4) is 0 Å². The Morgan fingerprint density at radius 3 is 2.56 bits per heavy atom. The monoisotopic (exact) mass is 359 g/mol. The molecule has 2 N–H and O–H groups in total. The number of benzene rings is 2. The van der Waals surface area contributed by atoms with Gasteiger partial charge in [-0.05, 0) is 41.9 Å². The van der Waals surface area contributed by atoms with Crippen LogP contribution >= 0.6 is 0 Å². The number of nitrogens with two attached hydrogens (primary N) is 1. The third kappa shape index (κ3) is 3.52. The largest absolute Gasteiger partial charge is 0.369 e. The Hall–Kier alpha value is -2.88. The number of nitrogens with zero attached hydrogens (tertiary/aromatic N) is 2. The van der Waals surface area contributed by atoms with Gasteiger partial charge in [0.25, 0.3) is 0 Å². The summed E-state index contributed by atoms with van der Waals surface area (Å²) < 4.78 is 0. The highest BCUT2D eigenvalue weighted by atomic mass is 16.2. The van der Waals surface area contributed by atoms with E-state index in [9.17, 15) is 4.79 Å². The molecule has 1 aliphatic carbocycles. The van der Waals surface area contributed by atoms with E-state index in [2.05, 4.69) is 60.5 Å². The highest BCUT2D eigenvalue weighted by molar-refractivity contribution is 5.98. The Labute approximate surface area is 160 Å². The summed E-state index contributed by atoms with van der Waals surface area (Å²) in [5.41, 5.74) is 9.26. The molecule has 0 radical (unpaired) electrons. The van der Waals surface area contributed by atoms with Gasteiger partial charge in [-0.1, -0.05) is 66.7 Å². The van der Waals surface area contributed by atoms with E-state index in [0.717, 1.165) is 6.42 Å². The summed E-state index contributed by atoms with van der Waals surface area (Å²) in [7, 11) is 1.69. The van der Waals surface area contributed by atoms with Crippen LogP contribution in [-0.4, -0.2) is 29.4 Å². The minimum absolute atomic E-state index is 0.0511. The van der Waals surface area contributed by atoms with E-state index < -0.39 is 5.54 Å². The Balaban J connectivity index is 1.51. The zero-order valence-electron chi connectivity index (χ0n) is 15.8. The van der Waals surface area contributed by atoms with E-state index in [1.54, 1.807) is 7.05 Å². The van der Waals surface area contributed by atoms with Gasteiger partial charge in [0.15, 0.2) is 5.96 Å². The minimum Gasteiger partial charge on any atom is -0.369 e. The van der Waals surface area contributed by atoms with Gasteiger partial charge in [-0.15, -0.1) is 0 Å². The first-order valence-electron chi connectivity index (χ1n) is 9.41. The van der Waals surface area contributed by atoms with Gasteiger partial charge in [0, 0.05) is 7.05 Å². The van der Waals surface area contributed by atoms with Gasteiger partial charge in [-0.25, -0.2) is 4.99 Å². The second-order valence-corrected chi connectivity index (χ2v) is 7.82. The Kier molecular flexibility index (Phi) is 4.34. The van der Waals surface area contributed by atoms with Gasteiger partial charge >= 0.3 is 0 Å². The maximum absolute atomic E-state index is 12.2. The lowest BCUT2D eigenvalue weighted by atomic mass is 9.88. The number of carbonyl (C=O) groups is 1. The van der Waals surface area contributed by atoms with Crippen LogP contribution in [0.1, 0.15) is 42.4 Å². The van der Waals surface area contributed by atoms with Gasteiger partial charge in [-0.3, -0.25) is 9.69 Å². The zero-order chi connectivity index (χ0) is 19.0. The number of rotatable bonds is 4. The second kappa shape index (κ2) is 6.69. The van der Waals surface area contributed by atoms with E-state index in [0.29, 0.717) is 24.2 Å². The van der Waals surface area contributed by atoms with Crippen molar-refractivity contribution in [2.75, 3.05) is 7.05 Å². The van der Waals surface area contributed by atoms with Crippen molar-refractivity contribution in [3.63, 3.8) is 0 Å². The lowest BCUT2D eigenvalue weighted by Gasteiger charge is -2.33. The van der Waals surface area contributed by atoms with Gasteiger partial charge in [0.05, 0.1) is 12.0 Å². The summed E-state index contributed by atoms with van der Waals surface area (Å²) >= 11 is 0. The quantitative estimate of drug-likeness (QED) is 0.842. The number of aliphatic imine (C=N–C) groups is 1. The number of hydrogen-bond donors (Lipinski definition) is 1. The first kappa shape index (κ1) is 17.5. The predicted octanol–water partition coefficient (Wildman–Crippen LogP) is 3.90. The molecule has 2 aliphatic rings. The molecule has 4 rings (SSSR count). The topological polar surface area (TPSA) is 58.7 Å².